The van der Waals surface area contributed by atoms with Gasteiger partial charge in [-0.25, -0.2) is 0 Å². The van der Waals surface area contributed by atoms with E-state index in [-0.39, 0.29) is 5.75 Å². The normalized spacial score (nSPS) is 51.7. The van der Waals surface area contributed by atoms with Crippen molar-refractivity contribution in [2.45, 2.75) is 61.4 Å². The number of thiol groups is 1. The van der Waals surface area contributed by atoms with Crippen molar-refractivity contribution in [3.8, 4) is 0 Å². The lowest BCUT2D eigenvalue weighted by atomic mass is 9.98. The second-order valence-electron chi connectivity index (χ2n) is 5.53. The van der Waals surface area contributed by atoms with Crippen LogP contribution < -0.4 is 0 Å². The minimum Gasteiger partial charge on any atom is -0.394 e. The van der Waals surface area contributed by atoms with Gasteiger partial charge in [-0.05, 0) is 0 Å². The highest BCUT2D eigenvalue weighted by Gasteiger charge is 2.49. The van der Waals surface area contributed by atoms with Crippen molar-refractivity contribution in [3.05, 3.63) is 0 Å². The molecule has 0 aromatic heterocycles. The molecule has 23 heavy (non-hydrogen) atoms. The third-order valence-electron chi connectivity index (χ3n) is 3.97. The smallest absolute Gasteiger partial charge is 0.189 e. The first kappa shape index (κ1) is 19.3. The molecule has 2 aliphatic rings. The highest BCUT2D eigenvalue weighted by Crippen LogP contribution is 2.28. The lowest BCUT2D eigenvalue weighted by Gasteiger charge is -2.44. The van der Waals surface area contributed by atoms with Gasteiger partial charge in [0.05, 0.1) is 12.7 Å². The standard InChI is InChI=1S/C12H22O10S/c13-1-3-5(14)7(16)9(18)11(20-3)22-12-10(19)8(17)6(15)4(2-23)21-12/h3-19,23H,1-2H2/t3?,4?,5-,6-,7?,8+,9-,10?,11-,12-/m1/s1. The molecule has 0 radical (unpaired) electrons. The molecule has 7 N–H and O–H groups in total. The third kappa shape index (κ3) is 3.80. The molecule has 2 fully saturated rings. The van der Waals surface area contributed by atoms with Gasteiger partial charge in [0, 0.05) is 5.75 Å². The molecule has 11 heteroatoms. The van der Waals surface area contributed by atoms with E-state index in [0.717, 1.165) is 0 Å². The van der Waals surface area contributed by atoms with Crippen molar-refractivity contribution >= 4 is 12.6 Å². The fraction of sp³-hybridized carbons (Fsp3) is 1.00. The predicted octanol–water partition coefficient (Wildman–Crippen LogP) is -4.46. The molecule has 10 atom stereocenters. The second-order valence-corrected chi connectivity index (χ2v) is 5.90. The molecule has 0 spiro atoms. The van der Waals surface area contributed by atoms with Gasteiger partial charge in [0.2, 0.25) is 0 Å². The maximum absolute atomic E-state index is 9.90. The Kier molecular flexibility index (Phi) is 6.61. The van der Waals surface area contributed by atoms with E-state index >= 15 is 0 Å². The maximum Gasteiger partial charge on any atom is 0.189 e. The van der Waals surface area contributed by atoms with Crippen LogP contribution >= 0.6 is 12.6 Å². The van der Waals surface area contributed by atoms with E-state index in [1.165, 1.54) is 0 Å². The first-order chi connectivity index (χ1) is 10.8. The summed E-state index contributed by atoms with van der Waals surface area (Å²) in [6.07, 6.45) is -14.6. The molecular weight excluding hydrogens is 336 g/mol. The van der Waals surface area contributed by atoms with Crippen molar-refractivity contribution < 1.29 is 50.0 Å². The van der Waals surface area contributed by atoms with Crippen molar-refractivity contribution in [1.82, 2.24) is 0 Å². The summed E-state index contributed by atoms with van der Waals surface area (Å²) in [4.78, 5) is 0. The summed E-state index contributed by atoms with van der Waals surface area (Å²) < 4.78 is 15.6. The van der Waals surface area contributed by atoms with Crippen LogP contribution in [0.5, 0.6) is 0 Å². The highest BCUT2D eigenvalue weighted by molar-refractivity contribution is 7.80. The average Bonchev–Trinajstić information content (AvgIpc) is 2.55. The summed E-state index contributed by atoms with van der Waals surface area (Å²) >= 11 is 3.95. The van der Waals surface area contributed by atoms with Crippen LogP contribution in [0.15, 0.2) is 0 Å². The Morgan fingerprint density at radius 1 is 0.696 bits per heavy atom. The quantitative estimate of drug-likeness (QED) is 0.229. The van der Waals surface area contributed by atoms with Crippen LogP contribution in [0.25, 0.3) is 0 Å². The minimum atomic E-state index is -1.68. The molecule has 10 nitrogen and oxygen atoms in total. The zero-order valence-corrected chi connectivity index (χ0v) is 12.9. The lowest BCUT2D eigenvalue weighted by Crippen LogP contribution is -2.63. The third-order valence-corrected chi connectivity index (χ3v) is 4.33. The summed E-state index contributed by atoms with van der Waals surface area (Å²) in [5.41, 5.74) is 0. The molecule has 2 aliphatic heterocycles. The largest absolute Gasteiger partial charge is 0.394 e. The summed E-state index contributed by atoms with van der Waals surface area (Å²) in [7, 11) is 0. The first-order valence-electron chi connectivity index (χ1n) is 7.08. The molecule has 0 aromatic carbocycles. The van der Waals surface area contributed by atoms with E-state index in [9.17, 15) is 30.6 Å². The number of hydrogen-bond donors (Lipinski definition) is 8. The van der Waals surface area contributed by atoms with Gasteiger partial charge in [-0.1, -0.05) is 0 Å². The van der Waals surface area contributed by atoms with Crippen LogP contribution in [0.4, 0.5) is 0 Å². The van der Waals surface area contributed by atoms with Gasteiger partial charge in [0.15, 0.2) is 12.6 Å². The number of ether oxygens (including phenoxy) is 3. The summed E-state index contributed by atoms with van der Waals surface area (Å²) in [5.74, 6) is 0.0273. The van der Waals surface area contributed by atoms with Gasteiger partial charge in [-0.15, -0.1) is 0 Å². The van der Waals surface area contributed by atoms with Crippen molar-refractivity contribution in [2.24, 2.45) is 0 Å². The highest BCUT2D eigenvalue weighted by atomic mass is 32.1. The molecule has 2 saturated heterocycles. The molecule has 0 saturated carbocycles. The summed E-state index contributed by atoms with van der Waals surface area (Å²) in [6.45, 7) is -0.639. The molecule has 2 heterocycles. The summed E-state index contributed by atoms with van der Waals surface area (Å²) in [6, 6.07) is 0. The van der Waals surface area contributed by atoms with Gasteiger partial charge in [-0.3, -0.25) is 0 Å². The topological polar surface area (TPSA) is 169 Å². The van der Waals surface area contributed by atoms with Gasteiger partial charge in [-0.2, -0.15) is 12.6 Å². The Morgan fingerprint density at radius 2 is 1.13 bits per heavy atom. The molecule has 0 aromatic rings. The van der Waals surface area contributed by atoms with Crippen LogP contribution in [0.2, 0.25) is 0 Å². The Labute approximate surface area is 137 Å². The molecule has 0 amide bonds. The number of rotatable bonds is 4. The lowest BCUT2D eigenvalue weighted by molar-refractivity contribution is -0.373. The Balaban J connectivity index is 2.07. The SMILES string of the molecule is OCC1O[C@H](O[C@H]2OC(CS)[C@@H](O)[C@H](O)C2O)[C@H](O)C(O)[C@@H]1O. The van der Waals surface area contributed by atoms with Gasteiger partial charge >= 0.3 is 0 Å². The van der Waals surface area contributed by atoms with E-state index in [1.54, 1.807) is 0 Å². The van der Waals surface area contributed by atoms with Crippen LogP contribution in [0.1, 0.15) is 0 Å². The molecular formula is C12H22O10S. The van der Waals surface area contributed by atoms with E-state index in [1.807, 2.05) is 0 Å². The molecule has 0 bridgehead atoms. The van der Waals surface area contributed by atoms with Crippen molar-refractivity contribution in [1.29, 1.82) is 0 Å². The van der Waals surface area contributed by atoms with E-state index in [0.29, 0.717) is 0 Å². The molecule has 136 valence electrons. The van der Waals surface area contributed by atoms with Crippen LogP contribution in [0.3, 0.4) is 0 Å². The van der Waals surface area contributed by atoms with Gasteiger partial charge in [0.1, 0.15) is 42.7 Å². The zero-order valence-electron chi connectivity index (χ0n) is 12.0. The Hall–Kier alpha value is -0.0500. The van der Waals surface area contributed by atoms with E-state index in [4.69, 9.17) is 19.3 Å². The fourth-order valence-corrected chi connectivity index (χ4v) is 2.79. The average molecular weight is 358 g/mol. The fourth-order valence-electron chi connectivity index (χ4n) is 2.49. The van der Waals surface area contributed by atoms with E-state index in [2.05, 4.69) is 12.6 Å². The van der Waals surface area contributed by atoms with Crippen molar-refractivity contribution in [3.63, 3.8) is 0 Å². The van der Waals surface area contributed by atoms with E-state index < -0.39 is 68.0 Å². The molecule has 0 aliphatic carbocycles. The van der Waals surface area contributed by atoms with Crippen LogP contribution in [0, 0.1) is 0 Å². The van der Waals surface area contributed by atoms with Crippen molar-refractivity contribution in [2.75, 3.05) is 12.4 Å². The summed E-state index contributed by atoms with van der Waals surface area (Å²) in [5, 5.41) is 67.7. The molecule has 2 rings (SSSR count). The number of aliphatic hydroxyl groups is 7. The molecule has 4 unspecified atom stereocenters. The van der Waals surface area contributed by atoms with Crippen LogP contribution in [-0.2, 0) is 14.2 Å². The first-order valence-corrected chi connectivity index (χ1v) is 7.71. The van der Waals surface area contributed by atoms with Gasteiger partial charge in [0.25, 0.3) is 0 Å². The second kappa shape index (κ2) is 7.89. The maximum atomic E-state index is 9.90. The monoisotopic (exact) mass is 358 g/mol. The Morgan fingerprint density at radius 3 is 1.57 bits per heavy atom. The zero-order chi connectivity index (χ0) is 17.3. The minimum absolute atomic E-state index is 0.0273. The van der Waals surface area contributed by atoms with Gasteiger partial charge < -0.3 is 50.0 Å². The number of hydrogen-bond acceptors (Lipinski definition) is 11. The number of aliphatic hydroxyl groups excluding tert-OH is 7. The predicted molar refractivity (Wildman–Crippen MR) is 75.4 cm³/mol. The van der Waals surface area contributed by atoms with Crippen LogP contribution in [-0.4, -0.2) is 110 Å². The Bertz CT molecular complexity index is 349.